The molecule has 0 radical (unpaired) electrons. The summed E-state index contributed by atoms with van der Waals surface area (Å²) in [5.41, 5.74) is 5.40. The maximum absolute atomic E-state index is 13.9. The number of fused-ring (bicyclic) bond motifs is 8. The zero-order chi connectivity index (χ0) is 27.1. The van der Waals surface area contributed by atoms with Crippen molar-refractivity contribution < 1.29 is 4.42 Å². The molecule has 0 aliphatic carbocycles. The van der Waals surface area contributed by atoms with Crippen molar-refractivity contribution in [1.29, 1.82) is 0 Å². The van der Waals surface area contributed by atoms with E-state index < -0.39 is 0 Å². The molecule has 192 valence electrons. The van der Waals surface area contributed by atoms with E-state index in [0.717, 1.165) is 22.3 Å². The quantitative estimate of drug-likeness (QED) is 0.197. The average Bonchev–Trinajstić information content (AvgIpc) is 3.58. The van der Waals surface area contributed by atoms with Crippen molar-refractivity contribution in [3.8, 4) is 22.3 Å². The Balaban J connectivity index is 1.19. The SMILES string of the molecule is O=c1c2cc(-c3ccc4sc5ccccc5c4c3)ccc2oc2ccc(-c3ccc4sc5ccccc5c4c3)cc12. The molecular weight excluding hydrogens is 541 g/mol. The van der Waals surface area contributed by atoms with Gasteiger partial charge >= 0.3 is 0 Å². The topological polar surface area (TPSA) is 30.2 Å². The van der Waals surface area contributed by atoms with E-state index in [1.807, 2.05) is 59.1 Å². The second-order valence-electron chi connectivity index (χ2n) is 10.5. The van der Waals surface area contributed by atoms with Crippen LogP contribution < -0.4 is 5.43 Å². The van der Waals surface area contributed by atoms with Crippen LogP contribution in [0.25, 0.3) is 84.5 Å². The maximum atomic E-state index is 13.9. The van der Waals surface area contributed by atoms with Gasteiger partial charge in [-0.3, -0.25) is 4.79 Å². The second kappa shape index (κ2) is 8.61. The van der Waals surface area contributed by atoms with E-state index >= 15 is 0 Å². The van der Waals surface area contributed by atoms with Crippen molar-refractivity contribution >= 4 is 85.0 Å². The van der Waals surface area contributed by atoms with Gasteiger partial charge in [-0.25, -0.2) is 0 Å². The largest absolute Gasteiger partial charge is 0.456 e. The van der Waals surface area contributed by atoms with Crippen LogP contribution in [0.3, 0.4) is 0 Å². The highest BCUT2D eigenvalue weighted by molar-refractivity contribution is 7.26. The van der Waals surface area contributed by atoms with Gasteiger partial charge in [-0.05, 0) is 82.9 Å². The standard InChI is InChI=1S/C37H20O2S2/c38-37-29-19-21(23-11-15-35-27(17-23)25-5-1-3-7-33(25)40-35)9-13-31(29)39-32-14-10-22(20-30(32)37)24-12-16-36-28(18-24)26-6-2-4-8-34(26)41-36/h1-20H. The molecule has 0 atom stereocenters. The summed E-state index contributed by atoms with van der Waals surface area (Å²) in [7, 11) is 0. The first kappa shape index (κ1) is 23.0. The third-order valence-electron chi connectivity index (χ3n) is 8.09. The van der Waals surface area contributed by atoms with Crippen molar-refractivity contribution in [1.82, 2.24) is 0 Å². The van der Waals surface area contributed by atoms with E-state index in [0.29, 0.717) is 21.9 Å². The van der Waals surface area contributed by atoms with Gasteiger partial charge in [0, 0.05) is 40.3 Å². The van der Waals surface area contributed by atoms with Crippen LogP contribution in [-0.2, 0) is 0 Å². The molecule has 9 rings (SSSR count). The average molecular weight is 561 g/mol. The first-order valence-corrected chi connectivity index (χ1v) is 15.2. The highest BCUT2D eigenvalue weighted by Crippen LogP contribution is 2.38. The van der Waals surface area contributed by atoms with Gasteiger partial charge in [0.2, 0.25) is 5.43 Å². The highest BCUT2D eigenvalue weighted by atomic mass is 32.1. The highest BCUT2D eigenvalue weighted by Gasteiger charge is 2.13. The molecule has 0 aliphatic rings. The number of hydrogen-bond donors (Lipinski definition) is 0. The lowest BCUT2D eigenvalue weighted by atomic mass is 9.99. The fraction of sp³-hybridized carbons (Fsp3) is 0. The fourth-order valence-electron chi connectivity index (χ4n) is 6.03. The van der Waals surface area contributed by atoms with Crippen LogP contribution in [0.1, 0.15) is 0 Å². The summed E-state index contributed by atoms with van der Waals surface area (Å²) in [6, 6.07) is 42.0. The van der Waals surface area contributed by atoms with E-state index in [1.165, 1.54) is 40.3 Å². The molecule has 0 saturated carbocycles. The zero-order valence-electron chi connectivity index (χ0n) is 21.7. The minimum Gasteiger partial charge on any atom is -0.456 e. The van der Waals surface area contributed by atoms with Gasteiger partial charge in [0.05, 0.1) is 10.8 Å². The molecule has 4 heteroatoms. The number of benzene rings is 6. The normalized spacial score (nSPS) is 12.0. The molecule has 0 fully saturated rings. The van der Waals surface area contributed by atoms with E-state index in [2.05, 4.69) is 84.9 Å². The molecule has 3 heterocycles. The summed E-state index contributed by atoms with van der Waals surface area (Å²) in [6.07, 6.45) is 0. The van der Waals surface area contributed by atoms with Gasteiger partial charge in [0.15, 0.2) is 0 Å². The lowest BCUT2D eigenvalue weighted by molar-refractivity contribution is 0.660. The Morgan fingerprint density at radius 1 is 0.390 bits per heavy atom. The van der Waals surface area contributed by atoms with Crippen molar-refractivity contribution in [3.05, 3.63) is 132 Å². The van der Waals surface area contributed by atoms with Crippen molar-refractivity contribution in [3.63, 3.8) is 0 Å². The number of thiophene rings is 2. The summed E-state index contributed by atoms with van der Waals surface area (Å²) < 4.78 is 11.3. The summed E-state index contributed by atoms with van der Waals surface area (Å²) >= 11 is 3.62. The van der Waals surface area contributed by atoms with Crippen LogP contribution in [0, 0.1) is 0 Å². The molecule has 2 nitrogen and oxygen atoms in total. The molecule has 0 aliphatic heterocycles. The Morgan fingerprint density at radius 2 is 0.780 bits per heavy atom. The predicted octanol–water partition coefficient (Wildman–Crippen LogP) is 11.0. The van der Waals surface area contributed by atoms with Crippen molar-refractivity contribution in [2.75, 3.05) is 0 Å². The molecule has 0 bridgehead atoms. The van der Waals surface area contributed by atoms with Crippen LogP contribution >= 0.6 is 22.7 Å². The number of rotatable bonds is 2. The Bertz CT molecular complexity index is 2390. The maximum Gasteiger partial charge on any atom is 0.200 e. The zero-order valence-corrected chi connectivity index (χ0v) is 23.3. The number of hydrogen-bond acceptors (Lipinski definition) is 4. The van der Waals surface area contributed by atoms with Crippen LogP contribution in [0.4, 0.5) is 0 Å². The summed E-state index contributed by atoms with van der Waals surface area (Å²) in [6.45, 7) is 0. The van der Waals surface area contributed by atoms with E-state index in [-0.39, 0.29) is 5.43 Å². The van der Waals surface area contributed by atoms with Gasteiger partial charge < -0.3 is 4.42 Å². The Morgan fingerprint density at radius 3 is 1.27 bits per heavy atom. The third-order valence-corrected chi connectivity index (χ3v) is 10.4. The van der Waals surface area contributed by atoms with Crippen LogP contribution in [0.5, 0.6) is 0 Å². The lowest BCUT2D eigenvalue weighted by Crippen LogP contribution is -2.02. The van der Waals surface area contributed by atoms with E-state index in [9.17, 15) is 4.79 Å². The first-order chi connectivity index (χ1) is 20.2. The van der Waals surface area contributed by atoms with Gasteiger partial charge in [-0.15, -0.1) is 22.7 Å². The molecular formula is C37H20O2S2. The molecule has 0 unspecified atom stereocenters. The van der Waals surface area contributed by atoms with Crippen LogP contribution in [-0.4, -0.2) is 0 Å². The molecule has 3 aromatic heterocycles. The monoisotopic (exact) mass is 560 g/mol. The first-order valence-electron chi connectivity index (χ1n) is 13.5. The Hall–Kier alpha value is -4.77. The Kier molecular flexibility index (Phi) is 4.83. The van der Waals surface area contributed by atoms with Gasteiger partial charge in [0.25, 0.3) is 0 Å². The van der Waals surface area contributed by atoms with E-state index in [1.54, 1.807) is 0 Å². The Labute approximate surface area is 242 Å². The van der Waals surface area contributed by atoms with Crippen molar-refractivity contribution in [2.24, 2.45) is 0 Å². The third kappa shape index (κ3) is 3.51. The molecule has 6 aromatic carbocycles. The predicted molar refractivity (Wildman–Crippen MR) is 177 cm³/mol. The smallest absolute Gasteiger partial charge is 0.200 e. The minimum absolute atomic E-state index is 0.00549. The summed E-state index contributed by atoms with van der Waals surface area (Å²) in [4.78, 5) is 13.9. The second-order valence-corrected chi connectivity index (χ2v) is 12.6. The fourth-order valence-corrected chi connectivity index (χ4v) is 8.20. The van der Waals surface area contributed by atoms with Crippen LogP contribution in [0.2, 0.25) is 0 Å². The summed E-state index contributed by atoms with van der Waals surface area (Å²) in [5, 5.41) is 6.22. The molecule has 0 N–H and O–H groups in total. The van der Waals surface area contributed by atoms with Gasteiger partial charge in [-0.2, -0.15) is 0 Å². The molecule has 0 amide bonds. The van der Waals surface area contributed by atoms with Crippen LogP contribution in [0.15, 0.2) is 131 Å². The minimum atomic E-state index is -0.00549. The van der Waals surface area contributed by atoms with E-state index in [4.69, 9.17) is 4.42 Å². The van der Waals surface area contributed by atoms with Gasteiger partial charge in [-0.1, -0.05) is 60.7 Å². The molecule has 41 heavy (non-hydrogen) atoms. The van der Waals surface area contributed by atoms with Crippen molar-refractivity contribution in [2.45, 2.75) is 0 Å². The summed E-state index contributed by atoms with van der Waals surface area (Å²) in [5.74, 6) is 0. The molecule has 0 spiro atoms. The molecule has 0 saturated heterocycles. The molecule has 9 aromatic rings. The lowest BCUT2D eigenvalue weighted by Gasteiger charge is -2.08. The van der Waals surface area contributed by atoms with Gasteiger partial charge in [0.1, 0.15) is 11.2 Å².